The van der Waals surface area contributed by atoms with Gasteiger partial charge in [-0.15, -0.1) is 12.4 Å². The molecule has 0 bridgehead atoms. The Morgan fingerprint density at radius 1 is 1.50 bits per heavy atom. The molecule has 0 spiro atoms. The third-order valence-electron chi connectivity index (χ3n) is 3.53. The minimum absolute atomic E-state index is 0. The maximum absolute atomic E-state index is 12.1. The molecule has 1 amide bonds. The highest BCUT2D eigenvalue weighted by molar-refractivity contribution is 5.85. The van der Waals surface area contributed by atoms with Crippen molar-refractivity contribution in [2.24, 2.45) is 11.1 Å². The van der Waals surface area contributed by atoms with Gasteiger partial charge in [0.05, 0.1) is 12.6 Å². The zero-order valence-electron chi connectivity index (χ0n) is 12.5. The number of aromatic nitrogens is 3. The van der Waals surface area contributed by atoms with E-state index >= 15 is 0 Å². The lowest BCUT2D eigenvalue weighted by Crippen LogP contribution is -2.53. The number of carbonyl (C=O) groups excluding carboxylic acids is 1. The lowest BCUT2D eigenvalue weighted by Gasteiger charge is -2.29. The van der Waals surface area contributed by atoms with Crippen molar-refractivity contribution >= 4 is 18.3 Å². The molecule has 1 aliphatic rings. The number of nitrogens with zero attached hydrogens (tertiary/aromatic N) is 3. The van der Waals surface area contributed by atoms with E-state index in [0.29, 0.717) is 6.54 Å². The summed E-state index contributed by atoms with van der Waals surface area (Å²) in [5, 5.41) is 7.35. The van der Waals surface area contributed by atoms with Gasteiger partial charge in [-0.05, 0) is 18.8 Å². The van der Waals surface area contributed by atoms with Crippen LogP contribution in [0.5, 0.6) is 0 Å². The van der Waals surface area contributed by atoms with Crippen LogP contribution >= 0.6 is 12.4 Å². The molecule has 1 unspecified atom stereocenters. The van der Waals surface area contributed by atoms with Gasteiger partial charge < -0.3 is 11.1 Å². The van der Waals surface area contributed by atoms with Crippen LogP contribution in [0, 0.1) is 12.3 Å². The van der Waals surface area contributed by atoms with Crippen LogP contribution in [0.2, 0.25) is 0 Å². The summed E-state index contributed by atoms with van der Waals surface area (Å²) >= 11 is 0. The van der Waals surface area contributed by atoms with Crippen molar-refractivity contribution in [1.82, 2.24) is 20.1 Å². The molecule has 1 aliphatic heterocycles. The van der Waals surface area contributed by atoms with Crippen molar-refractivity contribution in [3.05, 3.63) is 11.6 Å². The first-order valence-electron chi connectivity index (χ1n) is 6.73. The second-order valence-electron chi connectivity index (χ2n) is 6.35. The predicted molar refractivity (Wildman–Crippen MR) is 79.7 cm³/mol. The molecule has 0 fully saturated rings. The van der Waals surface area contributed by atoms with Gasteiger partial charge in [-0.1, -0.05) is 20.8 Å². The number of rotatable bonds is 2. The van der Waals surface area contributed by atoms with Crippen molar-refractivity contribution in [2.45, 2.75) is 59.2 Å². The van der Waals surface area contributed by atoms with E-state index in [1.165, 1.54) is 0 Å². The molecule has 3 N–H and O–H groups in total. The third kappa shape index (κ3) is 3.70. The van der Waals surface area contributed by atoms with Crippen LogP contribution in [0.4, 0.5) is 0 Å². The first-order valence-corrected chi connectivity index (χ1v) is 6.73. The topological polar surface area (TPSA) is 85.8 Å². The van der Waals surface area contributed by atoms with Crippen LogP contribution in [0.25, 0.3) is 0 Å². The molecule has 2 rings (SSSR count). The fraction of sp³-hybridized carbons (Fsp3) is 0.769. The summed E-state index contributed by atoms with van der Waals surface area (Å²) in [5.41, 5.74) is 5.73. The van der Waals surface area contributed by atoms with Crippen LogP contribution in [0.15, 0.2) is 0 Å². The molecule has 0 radical (unpaired) electrons. The Morgan fingerprint density at radius 2 is 2.15 bits per heavy atom. The minimum atomic E-state index is -0.494. The van der Waals surface area contributed by atoms with Gasteiger partial charge in [0.2, 0.25) is 5.91 Å². The van der Waals surface area contributed by atoms with Crippen molar-refractivity contribution in [1.29, 1.82) is 0 Å². The lowest BCUT2D eigenvalue weighted by atomic mass is 9.86. The molecule has 7 heteroatoms. The zero-order valence-corrected chi connectivity index (χ0v) is 13.3. The van der Waals surface area contributed by atoms with Crippen LogP contribution in [0.3, 0.4) is 0 Å². The summed E-state index contributed by atoms with van der Waals surface area (Å²) in [7, 11) is 0. The summed E-state index contributed by atoms with van der Waals surface area (Å²) in [4.78, 5) is 16.4. The molecule has 20 heavy (non-hydrogen) atoms. The van der Waals surface area contributed by atoms with E-state index in [1.54, 1.807) is 0 Å². The van der Waals surface area contributed by atoms with Crippen LogP contribution in [0.1, 0.15) is 38.8 Å². The van der Waals surface area contributed by atoms with Crippen molar-refractivity contribution in [3.8, 4) is 0 Å². The van der Waals surface area contributed by atoms with E-state index in [4.69, 9.17) is 5.73 Å². The molecule has 0 saturated carbocycles. The second-order valence-corrected chi connectivity index (χ2v) is 6.35. The van der Waals surface area contributed by atoms with Gasteiger partial charge in [0, 0.05) is 12.5 Å². The standard InChI is InChI=1S/C13H23N5O.ClH/c1-8-15-10-6-5-9(7-18(10)17-8)16-12(19)11(14)13(2,3)4;/h9,11H,5-7,14H2,1-4H3,(H,16,19);1H/t9?,11-;/m1./s1. The zero-order chi connectivity index (χ0) is 14.2. The maximum atomic E-state index is 12.1. The average Bonchev–Trinajstić information content (AvgIpc) is 2.66. The van der Waals surface area contributed by atoms with Crippen molar-refractivity contribution < 1.29 is 4.79 Å². The molecular weight excluding hydrogens is 278 g/mol. The van der Waals surface area contributed by atoms with Gasteiger partial charge in [-0.2, -0.15) is 5.10 Å². The summed E-state index contributed by atoms with van der Waals surface area (Å²) in [6.07, 6.45) is 1.73. The summed E-state index contributed by atoms with van der Waals surface area (Å²) in [5.74, 6) is 1.70. The average molecular weight is 302 g/mol. The molecule has 2 atom stereocenters. The summed E-state index contributed by atoms with van der Waals surface area (Å²) in [6.45, 7) is 8.47. The van der Waals surface area contributed by atoms with Gasteiger partial charge in [0.15, 0.2) is 0 Å². The number of amides is 1. The number of hydrogen-bond acceptors (Lipinski definition) is 4. The number of carbonyl (C=O) groups is 1. The highest BCUT2D eigenvalue weighted by Crippen LogP contribution is 2.18. The number of nitrogens with one attached hydrogen (secondary N) is 1. The number of aryl methyl sites for hydroxylation is 2. The number of hydrogen-bond donors (Lipinski definition) is 2. The van der Waals surface area contributed by atoms with E-state index < -0.39 is 6.04 Å². The van der Waals surface area contributed by atoms with E-state index in [1.807, 2.05) is 32.4 Å². The highest BCUT2D eigenvalue weighted by Gasteiger charge is 2.30. The Bertz CT molecular complexity index is 480. The Labute approximate surface area is 125 Å². The predicted octanol–water partition coefficient (Wildman–Crippen LogP) is 0.813. The monoisotopic (exact) mass is 301 g/mol. The van der Waals surface area contributed by atoms with Gasteiger partial charge in [0.25, 0.3) is 0 Å². The van der Waals surface area contributed by atoms with E-state index in [-0.39, 0.29) is 29.8 Å². The molecule has 6 nitrogen and oxygen atoms in total. The first-order chi connectivity index (χ1) is 8.77. The Morgan fingerprint density at radius 3 is 2.75 bits per heavy atom. The van der Waals surface area contributed by atoms with Crippen molar-refractivity contribution in [2.75, 3.05) is 0 Å². The normalized spacial score (nSPS) is 19.8. The Kier molecular flexibility index (Phi) is 5.15. The Balaban J connectivity index is 0.00000200. The molecule has 2 heterocycles. The van der Waals surface area contributed by atoms with Crippen LogP contribution in [-0.4, -0.2) is 32.8 Å². The molecule has 1 aromatic rings. The maximum Gasteiger partial charge on any atom is 0.237 e. The molecule has 114 valence electrons. The molecular formula is C13H24ClN5O. The largest absolute Gasteiger partial charge is 0.350 e. The van der Waals surface area contributed by atoms with E-state index in [0.717, 1.165) is 24.5 Å². The van der Waals surface area contributed by atoms with Gasteiger partial charge >= 0.3 is 0 Å². The second kappa shape index (κ2) is 6.10. The van der Waals surface area contributed by atoms with E-state index in [2.05, 4.69) is 15.4 Å². The van der Waals surface area contributed by atoms with Gasteiger partial charge in [0.1, 0.15) is 11.6 Å². The quantitative estimate of drug-likeness (QED) is 0.846. The molecule has 0 aromatic carbocycles. The van der Waals surface area contributed by atoms with Crippen LogP contribution in [-0.2, 0) is 17.8 Å². The number of nitrogens with two attached hydrogens (primary N) is 1. The van der Waals surface area contributed by atoms with E-state index in [9.17, 15) is 4.79 Å². The first kappa shape index (κ1) is 16.9. The van der Waals surface area contributed by atoms with Gasteiger partial charge in [-0.25, -0.2) is 9.67 Å². The molecule has 1 aromatic heterocycles. The fourth-order valence-corrected chi connectivity index (χ4v) is 2.24. The molecule has 0 aliphatic carbocycles. The van der Waals surface area contributed by atoms with Gasteiger partial charge in [-0.3, -0.25) is 4.79 Å². The van der Waals surface area contributed by atoms with Crippen LogP contribution < -0.4 is 11.1 Å². The van der Waals surface area contributed by atoms with Crippen molar-refractivity contribution in [3.63, 3.8) is 0 Å². The molecule has 0 saturated heterocycles. The lowest BCUT2D eigenvalue weighted by molar-refractivity contribution is -0.125. The number of fused-ring (bicyclic) bond motifs is 1. The smallest absolute Gasteiger partial charge is 0.237 e. The highest BCUT2D eigenvalue weighted by atomic mass is 35.5. The fourth-order valence-electron chi connectivity index (χ4n) is 2.24. The third-order valence-corrected chi connectivity index (χ3v) is 3.53. The summed E-state index contributed by atoms with van der Waals surface area (Å²) < 4.78 is 1.88. The number of halogens is 1. The minimum Gasteiger partial charge on any atom is -0.350 e. The summed E-state index contributed by atoms with van der Waals surface area (Å²) in [6, 6.07) is -0.402. The SMILES string of the molecule is Cc1nc2n(n1)CC(NC(=O)[C@@H](N)C(C)(C)C)CC2.Cl. The Hall–Kier alpha value is -1.14.